The third kappa shape index (κ3) is 3.48. The Morgan fingerprint density at radius 1 is 1.04 bits per heavy atom. The number of nitro groups is 1. The minimum atomic E-state index is -0.477. The molecule has 3 aromatic rings. The average molecular weight is 397 g/mol. The molecule has 1 amide bonds. The van der Waals surface area contributed by atoms with E-state index in [1.807, 2.05) is 30.3 Å². The number of carbonyl (C=O) groups is 1. The van der Waals surface area contributed by atoms with Crippen LogP contribution in [0.5, 0.6) is 0 Å². The molecule has 7 nitrogen and oxygen atoms in total. The Bertz CT molecular complexity index is 1050. The van der Waals surface area contributed by atoms with Gasteiger partial charge in [0.1, 0.15) is 11.0 Å². The van der Waals surface area contributed by atoms with Gasteiger partial charge in [0.15, 0.2) is 0 Å². The first kappa shape index (κ1) is 18.2. The molecule has 1 saturated heterocycles. The first-order valence-corrected chi connectivity index (χ1v) is 9.25. The van der Waals surface area contributed by atoms with E-state index in [9.17, 15) is 14.9 Å². The molecule has 1 fully saturated rings. The van der Waals surface area contributed by atoms with E-state index < -0.39 is 4.92 Å². The summed E-state index contributed by atoms with van der Waals surface area (Å²) in [5.41, 5.74) is 0.423. The average Bonchev–Trinajstić information content (AvgIpc) is 2.73. The van der Waals surface area contributed by atoms with Crippen molar-refractivity contribution in [2.24, 2.45) is 0 Å². The molecule has 0 aliphatic carbocycles. The lowest BCUT2D eigenvalue weighted by Gasteiger charge is -2.35. The number of nitrogens with zero attached hydrogens (tertiary/aromatic N) is 4. The maximum atomic E-state index is 12.7. The zero-order chi connectivity index (χ0) is 19.7. The zero-order valence-corrected chi connectivity index (χ0v) is 15.7. The maximum Gasteiger partial charge on any atom is 0.269 e. The van der Waals surface area contributed by atoms with Crippen molar-refractivity contribution in [1.82, 2.24) is 9.88 Å². The number of aromatic nitrogens is 1. The van der Waals surface area contributed by atoms with Crippen LogP contribution in [0.2, 0.25) is 5.15 Å². The number of anilines is 1. The van der Waals surface area contributed by atoms with E-state index in [1.54, 1.807) is 4.90 Å². The first-order chi connectivity index (χ1) is 13.5. The number of fused-ring (bicyclic) bond motifs is 1. The van der Waals surface area contributed by atoms with Gasteiger partial charge in [-0.25, -0.2) is 4.98 Å². The second kappa shape index (κ2) is 7.44. The number of piperazine rings is 1. The summed E-state index contributed by atoms with van der Waals surface area (Å²) in [4.78, 5) is 31.3. The zero-order valence-electron chi connectivity index (χ0n) is 14.9. The Labute approximate surface area is 166 Å². The van der Waals surface area contributed by atoms with Crippen LogP contribution in [0.15, 0.2) is 54.6 Å². The van der Waals surface area contributed by atoms with Gasteiger partial charge in [-0.05, 0) is 23.6 Å². The van der Waals surface area contributed by atoms with Crippen LogP contribution in [0.25, 0.3) is 10.8 Å². The Balaban J connectivity index is 1.46. The molecule has 2 heterocycles. The summed E-state index contributed by atoms with van der Waals surface area (Å²) < 4.78 is 0. The van der Waals surface area contributed by atoms with Crippen LogP contribution >= 0.6 is 11.6 Å². The van der Waals surface area contributed by atoms with E-state index in [-0.39, 0.29) is 11.6 Å². The maximum absolute atomic E-state index is 12.7. The second-order valence-corrected chi connectivity index (χ2v) is 6.93. The van der Waals surface area contributed by atoms with Gasteiger partial charge in [0.25, 0.3) is 11.6 Å². The number of non-ortho nitro benzene ring substituents is 1. The molecule has 0 atom stereocenters. The monoisotopic (exact) mass is 396 g/mol. The third-order valence-corrected chi connectivity index (χ3v) is 5.18. The van der Waals surface area contributed by atoms with Crippen LogP contribution < -0.4 is 4.90 Å². The van der Waals surface area contributed by atoms with Gasteiger partial charge in [-0.15, -0.1) is 0 Å². The molecule has 1 aromatic heterocycles. The molecule has 0 N–H and O–H groups in total. The first-order valence-electron chi connectivity index (χ1n) is 8.87. The number of nitro benzene ring substituents is 1. The Kier molecular flexibility index (Phi) is 4.83. The highest BCUT2D eigenvalue weighted by Gasteiger charge is 2.23. The lowest BCUT2D eigenvalue weighted by atomic mass is 10.1. The topological polar surface area (TPSA) is 79.6 Å². The van der Waals surface area contributed by atoms with E-state index in [0.29, 0.717) is 36.9 Å². The fourth-order valence-electron chi connectivity index (χ4n) is 3.35. The number of hydrogen-bond acceptors (Lipinski definition) is 5. The molecule has 8 heteroatoms. The van der Waals surface area contributed by atoms with Gasteiger partial charge in [-0.3, -0.25) is 14.9 Å². The molecule has 0 unspecified atom stereocenters. The molecular formula is C20H17ClN4O3. The molecule has 0 spiro atoms. The largest absolute Gasteiger partial charge is 0.353 e. The predicted octanol–water partition coefficient (Wildman–Crippen LogP) is 3.76. The minimum Gasteiger partial charge on any atom is -0.353 e. The SMILES string of the molecule is O=C(c1ccc([N+](=O)[O-])cc1)N1CCN(c2cc3ccccc3c(Cl)n2)CC1. The fourth-order valence-corrected chi connectivity index (χ4v) is 3.61. The quantitative estimate of drug-likeness (QED) is 0.382. The lowest BCUT2D eigenvalue weighted by Crippen LogP contribution is -2.49. The van der Waals surface area contributed by atoms with Crippen molar-refractivity contribution in [3.63, 3.8) is 0 Å². The lowest BCUT2D eigenvalue weighted by molar-refractivity contribution is -0.384. The highest BCUT2D eigenvalue weighted by molar-refractivity contribution is 6.34. The summed E-state index contributed by atoms with van der Waals surface area (Å²) in [5, 5.41) is 13.2. The molecule has 28 heavy (non-hydrogen) atoms. The van der Waals surface area contributed by atoms with Crippen molar-refractivity contribution in [2.75, 3.05) is 31.1 Å². The van der Waals surface area contributed by atoms with Crippen molar-refractivity contribution in [3.8, 4) is 0 Å². The fraction of sp³-hybridized carbons (Fsp3) is 0.200. The summed E-state index contributed by atoms with van der Waals surface area (Å²) in [5.74, 6) is 0.671. The third-order valence-electron chi connectivity index (χ3n) is 4.90. The van der Waals surface area contributed by atoms with Crippen LogP contribution in [0.4, 0.5) is 11.5 Å². The molecule has 2 aromatic carbocycles. The van der Waals surface area contributed by atoms with Crippen LogP contribution in [0.1, 0.15) is 10.4 Å². The van der Waals surface area contributed by atoms with Gasteiger partial charge in [0.05, 0.1) is 4.92 Å². The van der Waals surface area contributed by atoms with Crippen LogP contribution in [-0.2, 0) is 0 Å². The van der Waals surface area contributed by atoms with Crippen molar-refractivity contribution >= 4 is 39.8 Å². The summed E-state index contributed by atoms with van der Waals surface area (Å²) in [6, 6.07) is 15.5. The normalized spacial score (nSPS) is 14.3. The smallest absolute Gasteiger partial charge is 0.269 e. The predicted molar refractivity (Wildman–Crippen MR) is 108 cm³/mol. The Morgan fingerprint density at radius 3 is 2.39 bits per heavy atom. The number of hydrogen-bond donors (Lipinski definition) is 0. The highest BCUT2D eigenvalue weighted by atomic mass is 35.5. The number of rotatable bonds is 3. The molecule has 4 rings (SSSR count). The van der Waals surface area contributed by atoms with Gasteiger partial charge in [0, 0.05) is 49.3 Å². The number of carbonyl (C=O) groups excluding carboxylic acids is 1. The van der Waals surface area contributed by atoms with E-state index >= 15 is 0 Å². The van der Waals surface area contributed by atoms with Gasteiger partial charge in [-0.2, -0.15) is 0 Å². The summed E-state index contributed by atoms with van der Waals surface area (Å²) in [7, 11) is 0. The van der Waals surface area contributed by atoms with Crippen LogP contribution in [0, 0.1) is 10.1 Å². The van der Waals surface area contributed by atoms with Gasteiger partial charge in [0.2, 0.25) is 0 Å². The van der Waals surface area contributed by atoms with E-state index in [2.05, 4.69) is 9.88 Å². The highest BCUT2D eigenvalue weighted by Crippen LogP contribution is 2.27. The molecule has 0 bridgehead atoms. The number of pyridine rings is 1. The summed E-state index contributed by atoms with van der Waals surface area (Å²) in [6.07, 6.45) is 0. The van der Waals surface area contributed by atoms with E-state index in [0.717, 1.165) is 16.6 Å². The number of amides is 1. The summed E-state index contributed by atoms with van der Waals surface area (Å²) in [6.45, 7) is 2.37. The minimum absolute atomic E-state index is 0.0272. The van der Waals surface area contributed by atoms with Crippen LogP contribution in [-0.4, -0.2) is 46.9 Å². The van der Waals surface area contributed by atoms with Gasteiger partial charge >= 0.3 is 0 Å². The standard InChI is InChI=1S/C20H17ClN4O3/c21-19-17-4-2-1-3-15(17)13-18(22-19)23-9-11-24(12-10-23)20(26)14-5-7-16(8-6-14)25(27)28/h1-8,13H,9-12H2. The van der Waals surface area contributed by atoms with E-state index in [4.69, 9.17) is 11.6 Å². The molecular weight excluding hydrogens is 380 g/mol. The number of halogens is 1. The summed E-state index contributed by atoms with van der Waals surface area (Å²) >= 11 is 6.33. The van der Waals surface area contributed by atoms with Gasteiger partial charge in [-0.1, -0.05) is 35.9 Å². The number of benzene rings is 2. The van der Waals surface area contributed by atoms with E-state index in [1.165, 1.54) is 24.3 Å². The molecule has 142 valence electrons. The van der Waals surface area contributed by atoms with Crippen molar-refractivity contribution in [2.45, 2.75) is 0 Å². The molecule has 1 aliphatic heterocycles. The molecule has 1 aliphatic rings. The van der Waals surface area contributed by atoms with Crippen molar-refractivity contribution < 1.29 is 9.72 Å². The van der Waals surface area contributed by atoms with Crippen molar-refractivity contribution in [3.05, 3.63) is 75.4 Å². The second-order valence-electron chi connectivity index (χ2n) is 6.58. The Morgan fingerprint density at radius 2 is 1.71 bits per heavy atom. The van der Waals surface area contributed by atoms with Crippen molar-refractivity contribution in [1.29, 1.82) is 0 Å². The molecule has 0 saturated carbocycles. The van der Waals surface area contributed by atoms with Crippen LogP contribution in [0.3, 0.4) is 0 Å². The van der Waals surface area contributed by atoms with Gasteiger partial charge < -0.3 is 9.80 Å². The Hall–Kier alpha value is -3.19. The molecule has 0 radical (unpaired) electrons.